The van der Waals surface area contributed by atoms with Crippen LogP contribution in [0.1, 0.15) is 5.69 Å². The van der Waals surface area contributed by atoms with Crippen molar-refractivity contribution in [2.75, 3.05) is 11.1 Å². The van der Waals surface area contributed by atoms with Crippen LogP contribution in [0.25, 0.3) is 5.52 Å². The lowest BCUT2D eigenvalue weighted by Gasteiger charge is -2.07. The average molecular weight is 337 g/mol. The summed E-state index contributed by atoms with van der Waals surface area (Å²) in [5.41, 5.74) is 8.33. The van der Waals surface area contributed by atoms with Crippen molar-refractivity contribution >= 4 is 34.6 Å². The molecular weight excluding hydrogens is 322 g/mol. The predicted molar refractivity (Wildman–Crippen MR) is 94.6 cm³/mol. The van der Waals surface area contributed by atoms with Crippen molar-refractivity contribution in [3.63, 3.8) is 0 Å². The summed E-state index contributed by atoms with van der Waals surface area (Å²) < 4.78 is 1.80. The van der Waals surface area contributed by atoms with Gasteiger partial charge >= 0.3 is 0 Å². The Morgan fingerprint density at radius 2 is 2.04 bits per heavy atom. The highest BCUT2D eigenvalue weighted by Gasteiger charge is 2.10. The van der Waals surface area contributed by atoms with Gasteiger partial charge in [-0.25, -0.2) is 9.50 Å². The number of aromatic nitrogens is 5. The highest BCUT2D eigenvalue weighted by Crippen LogP contribution is 2.28. The molecule has 4 rings (SSSR count). The van der Waals surface area contributed by atoms with Crippen LogP contribution in [0.4, 0.5) is 17.3 Å². The minimum Gasteiger partial charge on any atom is -0.399 e. The molecule has 0 fully saturated rings. The number of nitrogens with one attached hydrogen (secondary N) is 2. The molecule has 24 heavy (non-hydrogen) atoms. The van der Waals surface area contributed by atoms with Crippen molar-refractivity contribution in [1.29, 1.82) is 0 Å². The minimum atomic E-state index is 0.637. The minimum absolute atomic E-state index is 0.637. The first kappa shape index (κ1) is 14.6. The van der Waals surface area contributed by atoms with Crippen LogP contribution >= 0.6 is 11.8 Å². The number of hydrogen-bond donors (Lipinski definition) is 3. The van der Waals surface area contributed by atoms with Gasteiger partial charge in [0.25, 0.3) is 0 Å². The van der Waals surface area contributed by atoms with Crippen LogP contribution in [-0.2, 0) is 0 Å². The van der Waals surface area contributed by atoms with E-state index in [4.69, 9.17) is 5.73 Å². The van der Waals surface area contributed by atoms with E-state index in [0.717, 1.165) is 27.6 Å². The molecule has 0 bridgehead atoms. The van der Waals surface area contributed by atoms with Crippen LogP contribution in [0.2, 0.25) is 0 Å². The summed E-state index contributed by atoms with van der Waals surface area (Å²) >= 11 is 1.48. The van der Waals surface area contributed by atoms with Crippen LogP contribution in [0.5, 0.6) is 0 Å². The zero-order chi connectivity index (χ0) is 16.5. The molecule has 0 saturated heterocycles. The number of aryl methyl sites for hydroxylation is 1. The van der Waals surface area contributed by atoms with Gasteiger partial charge in [-0.2, -0.15) is 5.10 Å². The molecule has 3 heterocycles. The van der Waals surface area contributed by atoms with Gasteiger partial charge in [0.05, 0.1) is 0 Å². The molecule has 4 aromatic rings. The second-order valence-electron chi connectivity index (χ2n) is 5.31. The van der Waals surface area contributed by atoms with E-state index in [1.165, 1.54) is 11.8 Å². The maximum Gasteiger partial charge on any atom is 0.214 e. The van der Waals surface area contributed by atoms with Gasteiger partial charge in [0.1, 0.15) is 5.52 Å². The smallest absolute Gasteiger partial charge is 0.214 e. The van der Waals surface area contributed by atoms with Crippen LogP contribution in [-0.4, -0.2) is 24.8 Å². The summed E-state index contributed by atoms with van der Waals surface area (Å²) in [5.74, 6) is 1.43. The molecule has 0 unspecified atom stereocenters. The Hall–Kier alpha value is -3.00. The number of anilines is 3. The van der Waals surface area contributed by atoms with Gasteiger partial charge in [0.15, 0.2) is 11.6 Å². The van der Waals surface area contributed by atoms with Gasteiger partial charge in [-0.15, -0.1) is 5.10 Å². The second-order valence-corrected chi connectivity index (χ2v) is 6.35. The molecule has 8 heteroatoms. The topological polar surface area (TPSA) is 96.9 Å². The van der Waals surface area contributed by atoms with E-state index in [9.17, 15) is 0 Å². The van der Waals surface area contributed by atoms with E-state index in [2.05, 4.69) is 25.6 Å². The SMILES string of the molecule is Cc1cc(Nc2nc(Sc3ccc(N)cc3)nn3cccc23)n[nH]1. The van der Waals surface area contributed by atoms with Gasteiger partial charge in [-0.3, -0.25) is 5.10 Å². The maximum absolute atomic E-state index is 5.73. The third kappa shape index (κ3) is 2.91. The van der Waals surface area contributed by atoms with Crippen molar-refractivity contribution in [3.05, 3.63) is 54.4 Å². The maximum atomic E-state index is 5.73. The molecule has 0 aliphatic heterocycles. The summed E-state index contributed by atoms with van der Waals surface area (Å²) in [7, 11) is 0. The Bertz CT molecular complexity index is 987. The fraction of sp³-hybridized carbons (Fsp3) is 0.0625. The Labute approximate surface area is 142 Å². The monoisotopic (exact) mass is 337 g/mol. The normalized spacial score (nSPS) is 11.0. The summed E-state index contributed by atoms with van der Waals surface area (Å²) in [6, 6.07) is 13.4. The lowest BCUT2D eigenvalue weighted by atomic mass is 10.3. The molecule has 0 radical (unpaired) electrons. The summed E-state index contributed by atoms with van der Waals surface area (Å²) in [5, 5.41) is 15.5. The largest absolute Gasteiger partial charge is 0.399 e. The van der Waals surface area contributed by atoms with Gasteiger partial charge in [0.2, 0.25) is 5.16 Å². The summed E-state index contributed by atoms with van der Waals surface area (Å²) in [6.45, 7) is 1.95. The van der Waals surface area contributed by atoms with Crippen molar-refractivity contribution < 1.29 is 0 Å². The van der Waals surface area contributed by atoms with Crippen molar-refractivity contribution in [3.8, 4) is 0 Å². The van der Waals surface area contributed by atoms with Crippen LogP contribution < -0.4 is 11.1 Å². The molecule has 0 saturated carbocycles. The van der Waals surface area contributed by atoms with Crippen molar-refractivity contribution in [2.24, 2.45) is 0 Å². The zero-order valence-corrected chi connectivity index (χ0v) is 13.7. The molecule has 4 N–H and O–H groups in total. The molecule has 0 aliphatic carbocycles. The van der Waals surface area contributed by atoms with E-state index < -0.39 is 0 Å². The fourth-order valence-corrected chi connectivity index (χ4v) is 3.04. The second kappa shape index (κ2) is 5.89. The first-order valence-corrected chi connectivity index (χ1v) is 8.17. The summed E-state index contributed by atoms with van der Waals surface area (Å²) in [4.78, 5) is 5.66. The number of H-pyrrole nitrogens is 1. The third-order valence-electron chi connectivity index (χ3n) is 3.41. The Morgan fingerprint density at radius 3 is 2.79 bits per heavy atom. The number of benzene rings is 1. The van der Waals surface area contributed by atoms with Crippen LogP contribution in [0.3, 0.4) is 0 Å². The van der Waals surface area contributed by atoms with E-state index >= 15 is 0 Å². The average Bonchev–Trinajstić information content (AvgIpc) is 3.19. The van der Waals surface area contributed by atoms with Gasteiger partial charge in [0, 0.05) is 28.5 Å². The zero-order valence-electron chi connectivity index (χ0n) is 12.9. The van der Waals surface area contributed by atoms with E-state index in [0.29, 0.717) is 11.0 Å². The molecule has 120 valence electrons. The number of aromatic amines is 1. The van der Waals surface area contributed by atoms with Crippen LogP contribution in [0, 0.1) is 6.92 Å². The lowest BCUT2D eigenvalue weighted by Crippen LogP contribution is -2.02. The van der Waals surface area contributed by atoms with Gasteiger partial charge in [-0.05, 0) is 55.1 Å². The molecule has 3 aromatic heterocycles. The predicted octanol–water partition coefficient (Wildman–Crippen LogP) is 3.24. The highest BCUT2D eigenvalue weighted by atomic mass is 32.2. The van der Waals surface area contributed by atoms with E-state index in [-0.39, 0.29) is 0 Å². The molecular formula is C16H15N7S. The number of hydrogen-bond acceptors (Lipinski definition) is 6. The Morgan fingerprint density at radius 1 is 1.21 bits per heavy atom. The third-order valence-corrected chi connectivity index (χ3v) is 4.28. The van der Waals surface area contributed by atoms with Gasteiger partial charge < -0.3 is 11.1 Å². The Balaban J connectivity index is 1.70. The van der Waals surface area contributed by atoms with Crippen LogP contribution in [0.15, 0.2) is 58.7 Å². The fourth-order valence-electron chi connectivity index (χ4n) is 2.29. The van der Waals surface area contributed by atoms with Crippen molar-refractivity contribution in [2.45, 2.75) is 17.0 Å². The quantitative estimate of drug-likeness (QED) is 0.495. The van der Waals surface area contributed by atoms with E-state index in [1.807, 2.05) is 55.6 Å². The first-order chi connectivity index (χ1) is 11.7. The van der Waals surface area contributed by atoms with Gasteiger partial charge in [-0.1, -0.05) is 0 Å². The summed E-state index contributed by atoms with van der Waals surface area (Å²) in [6.07, 6.45) is 1.89. The molecule has 1 aromatic carbocycles. The first-order valence-electron chi connectivity index (χ1n) is 7.35. The number of nitrogens with zero attached hydrogens (tertiary/aromatic N) is 4. The van der Waals surface area contributed by atoms with E-state index in [1.54, 1.807) is 4.52 Å². The Kier molecular flexibility index (Phi) is 3.58. The molecule has 0 spiro atoms. The number of nitrogen functional groups attached to an aromatic ring is 1. The standard InChI is InChI=1S/C16H15N7S/c1-10-9-14(21-20-10)18-15-13-3-2-8-23(13)22-16(19-15)24-12-6-4-11(17)5-7-12/h2-9H,17H2,1H3,(H2,18,19,20,21,22). The highest BCUT2D eigenvalue weighted by molar-refractivity contribution is 7.99. The lowest BCUT2D eigenvalue weighted by molar-refractivity contribution is 0.801. The number of rotatable bonds is 4. The molecule has 0 amide bonds. The van der Waals surface area contributed by atoms with Crippen molar-refractivity contribution in [1.82, 2.24) is 24.8 Å². The number of nitrogens with two attached hydrogens (primary N) is 1. The molecule has 0 atom stereocenters. The number of fused-ring (bicyclic) bond motifs is 1. The molecule has 0 aliphatic rings. The molecule has 7 nitrogen and oxygen atoms in total.